The van der Waals surface area contributed by atoms with E-state index in [-0.39, 0.29) is 10.0 Å². The molecule has 0 heterocycles. The van der Waals surface area contributed by atoms with Gasteiger partial charge in [0.25, 0.3) is 15.0 Å². The van der Waals surface area contributed by atoms with Crippen molar-refractivity contribution >= 4 is 41.6 Å². The van der Waals surface area contributed by atoms with Crippen LogP contribution in [0, 0.1) is 5.82 Å². The lowest BCUT2D eigenvalue weighted by Gasteiger charge is -2.18. The average molecular weight is 403 g/mol. The number of carbonyl (C=O) groups excluding carboxylic acids is 1. The van der Waals surface area contributed by atoms with Gasteiger partial charge in [-0.3, -0.25) is 4.79 Å². The van der Waals surface area contributed by atoms with E-state index in [4.69, 9.17) is 15.4 Å². The standard InChI is InChI=1S/C12H14BrClFNO4S/c1-3-20-5-4-16(2)12(17)8-6-11(21(14,18)19)10(15)7-9(8)13/h6-7H,3-5H2,1-2H3. The van der Waals surface area contributed by atoms with Crippen LogP contribution >= 0.6 is 26.6 Å². The maximum absolute atomic E-state index is 13.6. The Morgan fingerprint density at radius 1 is 1.48 bits per heavy atom. The summed E-state index contributed by atoms with van der Waals surface area (Å²) in [5.74, 6) is -1.49. The molecule has 0 saturated heterocycles. The van der Waals surface area contributed by atoms with Gasteiger partial charge < -0.3 is 9.64 Å². The number of likely N-dealkylation sites (N-methyl/N-ethyl adjacent to an activating group) is 1. The molecule has 0 radical (unpaired) electrons. The lowest BCUT2D eigenvalue weighted by atomic mass is 10.2. The third-order valence-electron chi connectivity index (χ3n) is 2.64. The predicted molar refractivity (Wildman–Crippen MR) is 80.6 cm³/mol. The quantitative estimate of drug-likeness (QED) is 0.542. The van der Waals surface area contributed by atoms with Crippen LogP contribution in [-0.4, -0.2) is 46.0 Å². The zero-order valence-electron chi connectivity index (χ0n) is 11.4. The molecule has 1 rings (SSSR count). The molecule has 0 atom stereocenters. The maximum Gasteiger partial charge on any atom is 0.264 e. The van der Waals surface area contributed by atoms with Crippen molar-refractivity contribution in [2.75, 3.05) is 26.8 Å². The van der Waals surface area contributed by atoms with Crippen molar-refractivity contribution in [3.05, 3.63) is 28.0 Å². The van der Waals surface area contributed by atoms with Crippen LogP contribution in [0.5, 0.6) is 0 Å². The molecule has 0 spiro atoms. The summed E-state index contributed by atoms with van der Waals surface area (Å²) < 4.78 is 41.5. The Labute approximate surface area is 135 Å². The van der Waals surface area contributed by atoms with Crippen LogP contribution in [-0.2, 0) is 13.8 Å². The zero-order valence-corrected chi connectivity index (χ0v) is 14.6. The number of ether oxygens (including phenoxy) is 1. The smallest absolute Gasteiger partial charge is 0.264 e. The van der Waals surface area contributed by atoms with E-state index >= 15 is 0 Å². The molecule has 0 fully saturated rings. The summed E-state index contributed by atoms with van der Waals surface area (Å²) in [6.07, 6.45) is 0. The first-order chi connectivity index (χ1) is 9.68. The highest BCUT2D eigenvalue weighted by molar-refractivity contribution is 9.10. The zero-order chi connectivity index (χ0) is 16.2. The fraction of sp³-hybridized carbons (Fsp3) is 0.417. The fourth-order valence-corrected chi connectivity index (χ4v) is 2.92. The highest BCUT2D eigenvalue weighted by Gasteiger charge is 2.23. The SMILES string of the molecule is CCOCCN(C)C(=O)c1cc(S(=O)(=O)Cl)c(F)cc1Br. The van der Waals surface area contributed by atoms with Crippen LogP contribution < -0.4 is 0 Å². The monoisotopic (exact) mass is 401 g/mol. The predicted octanol–water partition coefficient (Wildman–Crippen LogP) is 2.62. The van der Waals surface area contributed by atoms with Gasteiger partial charge in [0, 0.05) is 35.4 Å². The molecule has 0 aliphatic rings. The Kier molecular flexibility index (Phi) is 6.58. The topological polar surface area (TPSA) is 63.7 Å². The van der Waals surface area contributed by atoms with Crippen LogP contribution in [0.4, 0.5) is 4.39 Å². The van der Waals surface area contributed by atoms with Gasteiger partial charge in [-0.15, -0.1) is 0 Å². The molecule has 1 aromatic rings. The number of benzene rings is 1. The minimum Gasteiger partial charge on any atom is -0.380 e. The van der Waals surface area contributed by atoms with Crippen LogP contribution in [0.2, 0.25) is 0 Å². The summed E-state index contributed by atoms with van der Waals surface area (Å²) in [6.45, 7) is 3.02. The van der Waals surface area contributed by atoms with Crippen molar-refractivity contribution in [2.45, 2.75) is 11.8 Å². The van der Waals surface area contributed by atoms with Crippen molar-refractivity contribution in [1.82, 2.24) is 4.90 Å². The van der Waals surface area contributed by atoms with E-state index in [2.05, 4.69) is 15.9 Å². The van der Waals surface area contributed by atoms with E-state index < -0.39 is 25.7 Å². The van der Waals surface area contributed by atoms with Crippen molar-refractivity contribution in [3.8, 4) is 0 Å². The minimum atomic E-state index is -4.27. The molecule has 0 bridgehead atoms. The van der Waals surface area contributed by atoms with Crippen LogP contribution in [0.3, 0.4) is 0 Å². The van der Waals surface area contributed by atoms with E-state index in [1.165, 1.54) is 11.9 Å². The number of halogens is 3. The molecule has 0 N–H and O–H groups in total. The van der Waals surface area contributed by atoms with Crippen LogP contribution in [0.25, 0.3) is 0 Å². The molecule has 0 saturated carbocycles. The number of rotatable bonds is 6. The van der Waals surface area contributed by atoms with Gasteiger partial charge in [0.05, 0.1) is 12.2 Å². The number of hydrogen-bond donors (Lipinski definition) is 0. The average Bonchev–Trinajstić information content (AvgIpc) is 2.36. The molecule has 1 aromatic carbocycles. The van der Waals surface area contributed by atoms with Crippen LogP contribution in [0.1, 0.15) is 17.3 Å². The number of amides is 1. The van der Waals surface area contributed by atoms with Crippen molar-refractivity contribution < 1.29 is 22.3 Å². The van der Waals surface area contributed by atoms with Gasteiger partial charge in [-0.05, 0) is 35.0 Å². The summed E-state index contributed by atoms with van der Waals surface area (Å²) in [5.41, 5.74) is 0.00891. The molecule has 118 valence electrons. The molecule has 0 aliphatic heterocycles. The second-order valence-corrected chi connectivity index (χ2v) is 7.51. The Hall–Kier alpha value is -0.700. The molecule has 21 heavy (non-hydrogen) atoms. The second kappa shape index (κ2) is 7.53. The normalized spacial score (nSPS) is 11.5. The molecular formula is C12H14BrClFNO4S. The number of hydrogen-bond acceptors (Lipinski definition) is 4. The van der Waals surface area contributed by atoms with E-state index in [0.717, 1.165) is 12.1 Å². The van der Waals surface area contributed by atoms with E-state index in [0.29, 0.717) is 19.8 Å². The maximum atomic E-state index is 13.6. The molecule has 0 unspecified atom stereocenters. The molecule has 0 aliphatic carbocycles. The second-order valence-electron chi connectivity index (χ2n) is 4.12. The Balaban J connectivity index is 3.10. The summed E-state index contributed by atoms with van der Waals surface area (Å²) in [6, 6.07) is 1.82. The van der Waals surface area contributed by atoms with Crippen molar-refractivity contribution in [3.63, 3.8) is 0 Å². The summed E-state index contributed by atoms with van der Waals surface area (Å²) in [4.78, 5) is 12.8. The van der Waals surface area contributed by atoms with Crippen LogP contribution in [0.15, 0.2) is 21.5 Å². The first-order valence-corrected chi connectivity index (χ1v) is 9.05. The molecule has 0 aromatic heterocycles. The van der Waals surface area contributed by atoms with Gasteiger partial charge in [-0.1, -0.05) is 0 Å². The van der Waals surface area contributed by atoms with Gasteiger partial charge in [0.1, 0.15) is 10.7 Å². The molecular weight excluding hydrogens is 389 g/mol. The number of carbonyl (C=O) groups is 1. The first-order valence-electron chi connectivity index (χ1n) is 5.95. The molecule has 5 nitrogen and oxygen atoms in total. The minimum absolute atomic E-state index is 0.00891. The highest BCUT2D eigenvalue weighted by Crippen LogP contribution is 2.27. The Morgan fingerprint density at radius 3 is 2.62 bits per heavy atom. The molecule has 1 amide bonds. The summed E-state index contributed by atoms with van der Waals surface area (Å²) >= 11 is 3.04. The largest absolute Gasteiger partial charge is 0.380 e. The summed E-state index contributed by atoms with van der Waals surface area (Å²) in [7, 11) is 2.41. The van der Waals surface area contributed by atoms with Gasteiger partial charge in [0.15, 0.2) is 0 Å². The first kappa shape index (κ1) is 18.3. The third-order valence-corrected chi connectivity index (χ3v) is 4.63. The highest BCUT2D eigenvalue weighted by atomic mass is 79.9. The van der Waals surface area contributed by atoms with Gasteiger partial charge in [-0.2, -0.15) is 0 Å². The molecule has 9 heteroatoms. The van der Waals surface area contributed by atoms with Crippen molar-refractivity contribution in [1.29, 1.82) is 0 Å². The lowest BCUT2D eigenvalue weighted by Crippen LogP contribution is -2.30. The fourth-order valence-electron chi connectivity index (χ4n) is 1.53. The van der Waals surface area contributed by atoms with Gasteiger partial charge in [-0.25, -0.2) is 12.8 Å². The Morgan fingerprint density at radius 2 is 2.10 bits per heavy atom. The third kappa shape index (κ3) is 4.91. The van der Waals surface area contributed by atoms with Gasteiger partial charge >= 0.3 is 0 Å². The van der Waals surface area contributed by atoms with E-state index in [1.54, 1.807) is 0 Å². The van der Waals surface area contributed by atoms with E-state index in [1.807, 2.05) is 6.92 Å². The van der Waals surface area contributed by atoms with E-state index in [9.17, 15) is 17.6 Å². The van der Waals surface area contributed by atoms with Crippen molar-refractivity contribution in [2.24, 2.45) is 0 Å². The summed E-state index contributed by atoms with van der Waals surface area (Å²) in [5, 5.41) is 0. The lowest BCUT2D eigenvalue weighted by molar-refractivity contribution is 0.0709. The van der Waals surface area contributed by atoms with Gasteiger partial charge in [0.2, 0.25) is 0 Å². The number of nitrogens with zero attached hydrogens (tertiary/aromatic N) is 1. The Bertz CT molecular complexity index is 638.